The van der Waals surface area contributed by atoms with Crippen molar-refractivity contribution in [2.75, 3.05) is 19.0 Å². The van der Waals surface area contributed by atoms with Gasteiger partial charge >= 0.3 is 0 Å². The number of ether oxygens (including phenoxy) is 1. The molecule has 8 rings (SSSR count). The molecule has 0 amide bonds. The number of nitrogens with zero attached hydrogens (tertiary/aromatic N) is 2. The van der Waals surface area contributed by atoms with Crippen molar-refractivity contribution in [1.29, 1.82) is 0 Å². The Labute approximate surface area is 280 Å². The third-order valence-electron chi connectivity index (χ3n) is 9.56. The van der Waals surface area contributed by atoms with Crippen LogP contribution in [0, 0.1) is 5.92 Å². The Morgan fingerprint density at radius 1 is 0.771 bits per heavy atom. The molecule has 0 N–H and O–H groups in total. The fraction of sp³-hybridized carbons (Fsp3) is 0.0976. The molecule has 48 heavy (non-hydrogen) atoms. The Balaban J connectivity index is 1.31. The molecule has 3 aliphatic rings. The van der Waals surface area contributed by atoms with Crippen LogP contribution < -0.4 is 9.64 Å². The van der Waals surface area contributed by atoms with Crippen molar-refractivity contribution >= 4 is 43.7 Å². The number of allylic oxidation sites excluding steroid dienone is 7. The first kappa shape index (κ1) is 29.9. The Hall–Kier alpha value is -5.50. The quantitative estimate of drug-likeness (QED) is 0.141. The van der Waals surface area contributed by atoms with Crippen LogP contribution in [0.25, 0.3) is 10.8 Å². The minimum Gasteiger partial charge on any atom is -0.744 e. The molecule has 5 aromatic carbocycles. The summed E-state index contributed by atoms with van der Waals surface area (Å²) in [5, 5.41) is 1.90. The van der Waals surface area contributed by atoms with Gasteiger partial charge in [-0.3, -0.25) is 0 Å². The van der Waals surface area contributed by atoms with Gasteiger partial charge in [-0.2, -0.15) is 4.58 Å². The molecule has 2 unspecified atom stereocenters. The lowest BCUT2D eigenvalue weighted by Crippen LogP contribution is -2.29. The molecule has 5 aromatic rings. The molecule has 0 saturated heterocycles. The molecule has 6 nitrogen and oxygen atoms in total. The van der Waals surface area contributed by atoms with Crippen LogP contribution in [0.5, 0.6) is 5.75 Å². The van der Waals surface area contributed by atoms with Crippen molar-refractivity contribution in [3.8, 4) is 5.75 Å². The van der Waals surface area contributed by atoms with Gasteiger partial charge in [-0.05, 0) is 59.0 Å². The highest BCUT2D eigenvalue weighted by Crippen LogP contribution is 2.53. The molecule has 0 fully saturated rings. The monoisotopic (exact) mass is 648 g/mol. The van der Waals surface area contributed by atoms with Gasteiger partial charge < -0.3 is 14.2 Å². The minimum absolute atomic E-state index is 0.207. The van der Waals surface area contributed by atoms with E-state index in [1.54, 1.807) is 18.2 Å². The van der Waals surface area contributed by atoms with E-state index in [4.69, 9.17) is 4.74 Å². The van der Waals surface area contributed by atoms with E-state index < -0.39 is 16.0 Å². The molecule has 0 saturated carbocycles. The Morgan fingerprint density at radius 3 is 2.27 bits per heavy atom. The highest BCUT2D eigenvalue weighted by molar-refractivity contribution is 7.85. The van der Waals surface area contributed by atoms with Crippen LogP contribution in [-0.2, 0) is 10.1 Å². The van der Waals surface area contributed by atoms with Crippen LogP contribution in [0.15, 0.2) is 167 Å². The summed E-state index contributed by atoms with van der Waals surface area (Å²) < 4.78 is 46.9. The van der Waals surface area contributed by atoms with Crippen LogP contribution in [0.4, 0.5) is 17.1 Å². The molecule has 1 heterocycles. The molecule has 1 aliphatic heterocycles. The molecule has 0 spiro atoms. The van der Waals surface area contributed by atoms with Gasteiger partial charge in [-0.25, -0.2) is 8.42 Å². The summed E-state index contributed by atoms with van der Waals surface area (Å²) in [7, 11) is -0.665. The number of fused-ring (bicyclic) bond motifs is 5. The van der Waals surface area contributed by atoms with Crippen molar-refractivity contribution in [3.63, 3.8) is 0 Å². The highest BCUT2D eigenvalue weighted by Gasteiger charge is 2.40. The second-order valence-corrected chi connectivity index (χ2v) is 13.6. The van der Waals surface area contributed by atoms with Crippen molar-refractivity contribution in [1.82, 2.24) is 0 Å². The summed E-state index contributed by atoms with van der Waals surface area (Å²) in [5.74, 6) is 0.611. The van der Waals surface area contributed by atoms with Gasteiger partial charge in [0.25, 0.3) is 0 Å². The normalized spacial score (nSPS) is 19.2. The van der Waals surface area contributed by atoms with E-state index in [1.807, 2.05) is 56.6 Å². The van der Waals surface area contributed by atoms with Gasteiger partial charge in [-0.15, -0.1) is 0 Å². The molecule has 0 aromatic heterocycles. The zero-order valence-electron chi connectivity index (χ0n) is 26.4. The lowest BCUT2D eigenvalue weighted by atomic mass is 9.73. The van der Waals surface area contributed by atoms with Gasteiger partial charge in [0.1, 0.15) is 28.7 Å². The molecular weight excluding hydrogens is 617 g/mol. The van der Waals surface area contributed by atoms with E-state index in [1.165, 1.54) is 6.07 Å². The number of para-hydroxylation sites is 2. The molecule has 236 valence electrons. The fourth-order valence-corrected chi connectivity index (χ4v) is 7.81. The summed E-state index contributed by atoms with van der Waals surface area (Å²) in [4.78, 5) is 1.93. The predicted molar refractivity (Wildman–Crippen MR) is 190 cm³/mol. The minimum atomic E-state index is -4.74. The summed E-state index contributed by atoms with van der Waals surface area (Å²) >= 11 is 0. The lowest BCUT2D eigenvalue weighted by Gasteiger charge is -2.39. The van der Waals surface area contributed by atoms with E-state index in [2.05, 4.69) is 88.4 Å². The fourth-order valence-electron chi connectivity index (χ4n) is 7.08. The first-order valence-electron chi connectivity index (χ1n) is 15.8. The van der Waals surface area contributed by atoms with Crippen LogP contribution >= 0.6 is 0 Å². The van der Waals surface area contributed by atoms with E-state index in [9.17, 15) is 13.0 Å². The Kier molecular flexibility index (Phi) is 7.24. The average molecular weight is 649 g/mol. The summed E-state index contributed by atoms with van der Waals surface area (Å²) in [5.41, 5.74) is 7.43. The highest BCUT2D eigenvalue weighted by atomic mass is 32.2. The molecule has 7 heteroatoms. The van der Waals surface area contributed by atoms with Crippen LogP contribution in [0.3, 0.4) is 0 Å². The van der Waals surface area contributed by atoms with E-state index in [0.717, 1.165) is 56.0 Å². The number of anilines is 2. The largest absolute Gasteiger partial charge is 0.744 e. The first-order chi connectivity index (χ1) is 23.3. The summed E-state index contributed by atoms with van der Waals surface area (Å²) in [6.07, 6.45) is 10.4. The van der Waals surface area contributed by atoms with Gasteiger partial charge in [0.15, 0.2) is 0 Å². The standard InChI is InChI=1S/C41H32N2O4S/c1-42(29-11-5-3-6-12-29)31-19-23-33-27(25-31)17-21-36-39(35-15-9-10-16-38(35)48(44,45)46)37-22-18-28-26-32(43(2)30-13-7-4-8-14-30)20-24-34(28)41(37)47-40(33)36/h3-26,36,39H,1-2H3. The van der Waals surface area contributed by atoms with E-state index in [-0.39, 0.29) is 10.8 Å². The number of rotatable bonds is 5. The second kappa shape index (κ2) is 11.6. The molecule has 0 radical (unpaired) electrons. The van der Waals surface area contributed by atoms with Crippen LogP contribution in [0.2, 0.25) is 0 Å². The van der Waals surface area contributed by atoms with Crippen LogP contribution in [-0.4, -0.2) is 37.4 Å². The van der Waals surface area contributed by atoms with E-state index in [0.29, 0.717) is 11.3 Å². The first-order valence-corrected chi connectivity index (χ1v) is 17.2. The molecule has 0 bridgehead atoms. The predicted octanol–water partition coefficient (Wildman–Crippen LogP) is 8.39. The Morgan fingerprint density at radius 2 is 1.50 bits per heavy atom. The zero-order valence-corrected chi connectivity index (χ0v) is 27.3. The zero-order chi connectivity index (χ0) is 33.0. The number of hydrogen-bond acceptors (Lipinski definition) is 5. The molecule has 2 aliphatic carbocycles. The molecular formula is C41H32N2O4S. The summed E-state index contributed by atoms with van der Waals surface area (Å²) in [6.45, 7) is 0. The topological polar surface area (TPSA) is 72.7 Å². The SMILES string of the molecule is CN(c1ccccc1)c1ccc2c3c(ccc2c1)C(c1ccccc1S(=O)(=O)[O-])C1C=CC2=CC(=[N+](C)c4ccccc4)C=CC2=C1O3. The maximum absolute atomic E-state index is 12.6. The number of benzene rings is 5. The average Bonchev–Trinajstić information content (AvgIpc) is 3.13. The second-order valence-electron chi connectivity index (χ2n) is 12.3. The van der Waals surface area contributed by atoms with E-state index >= 15 is 0 Å². The van der Waals surface area contributed by atoms with Gasteiger partial charge in [-0.1, -0.05) is 78.9 Å². The van der Waals surface area contributed by atoms with Gasteiger partial charge in [0.2, 0.25) is 11.4 Å². The van der Waals surface area contributed by atoms with Crippen molar-refractivity contribution in [2.24, 2.45) is 5.92 Å². The third-order valence-corrected chi connectivity index (χ3v) is 10.5. The third kappa shape index (κ3) is 5.08. The van der Waals surface area contributed by atoms with Crippen molar-refractivity contribution in [3.05, 3.63) is 174 Å². The smallest absolute Gasteiger partial charge is 0.206 e. The maximum atomic E-state index is 12.6. The Bertz CT molecular complexity index is 2370. The summed E-state index contributed by atoms with van der Waals surface area (Å²) in [6, 6.07) is 37.2. The number of hydrogen-bond donors (Lipinski definition) is 0. The van der Waals surface area contributed by atoms with Crippen molar-refractivity contribution in [2.45, 2.75) is 10.8 Å². The molecule has 2 atom stereocenters. The van der Waals surface area contributed by atoms with Crippen molar-refractivity contribution < 1.29 is 22.3 Å². The maximum Gasteiger partial charge on any atom is 0.206 e. The van der Waals surface area contributed by atoms with Gasteiger partial charge in [0, 0.05) is 71.1 Å². The van der Waals surface area contributed by atoms with Crippen LogP contribution in [0.1, 0.15) is 17.0 Å². The van der Waals surface area contributed by atoms with Gasteiger partial charge in [0.05, 0.1) is 4.90 Å². The lowest BCUT2D eigenvalue weighted by molar-refractivity contribution is -0.403.